The lowest BCUT2D eigenvalue weighted by atomic mass is 10.1. The molecule has 3 nitrogen and oxygen atoms in total. The van der Waals surface area contributed by atoms with E-state index in [4.69, 9.17) is 4.74 Å². The van der Waals surface area contributed by atoms with Crippen LogP contribution in [0.25, 0.3) is 0 Å². The van der Waals surface area contributed by atoms with E-state index >= 15 is 0 Å². The van der Waals surface area contributed by atoms with Crippen LogP contribution >= 0.6 is 0 Å². The summed E-state index contributed by atoms with van der Waals surface area (Å²) in [6.07, 6.45) is 0.672. The van der Waals surface area contributed by atoms with Crippen molar-refractivity contribution in [3.8, 4) is 0 Å². The van der Waals surface area contributed by atoms with Crippen LogP contribution in [-0.4, -0.2) is 42.4 Å². The maximum Gasteiger partial charge on any atom is 0.0900 e. The van der Waals surface area contributed by atoms with Crippen molar-refractivity contribution in [2.24, 2.45) is 5.92 Å². The van der Waals surface area contributed by atoms with E-state index in [1.165, 1.54) is 11.1 Å². The summed E-state index contributed by atoms with van der Waals surface area (Å²) in [7, 11) is 0. The fourth-order valence-corrected chi connectivity index (χ4v) is 2.41. The van der Waals surface area contributed by atoms with Gasteiger partial charge >= 0.3 is 0 Å². The summed E-state index contributed by atoms with van der Waals surface area (Å²) in [5, 5.41) is 10.1. The molecule has 0 aromatic heterocycles. The summed E-state index contributed by atoms with van der Waals surface area (Å²) in [4.78, 5) is 2.30. The first-order chi connectivity index (χ1) is 10.0. The molecule has 0 aliphatic heterocycles. The molecule has 1 rings (SSSR count). The predicted octanol–water partition coefficient (Wildman–Crippen LogP) is 3.24. The Bertz CT molecular complexity index is 393. The molecule has 1 atom stereocenters. The molecule has 0 bridgehead atoms. The highest BCUT2D eigenvalue weighted by Gasteiger charge is 2.12. The van der Waals surface area contributed by atoms with Gasteiger partial charge in [0.1, 0.15) is 0 Å². The third-order valence-electron chi connectivity index (χ3n) is 3.26. The lowest BCUT2D eigenvalue weighted by molar-refractivity contribution is 0.00692. The third-order valence-corrected chi connectivity index (χ3v) is 3.26. The highest BCUT2D eigenvalue weighted by atomic mass is 16.5. The lowest BCUT2D eigenvalue weighted by Gasteiger charge is -2.25. The zero-order valence-electron chi connectivity index (χ0n) is 14.0. The van der Waals surface area contributed by atoms with Crippen molar-refractivity contribution in [1.82, 2.24) is 4.90 Å². The summed E-state index contributed by atoms with van der Waals surface area (Å²) >= 11 is 0. The highest BCUT2D eigenvalue weighted by Crippen LogP contribution is 2.09. The fraction of sp³-hybridized carbons (Fsp3) is 0.667. The summed E-state index contributed by atoms with van der Waals surface area (Å²) in [5.74, 6) is 0.510. The van der Waals surface area contributed by atoms with Crippen LogP contribution in [0.2, 0.25) is 0 Å². The van der Waals surface area contributed by atoms with Crippen molar-refractivity contribution in [2.45, 2.75) is 46.8 Å². The topological polar surface area (TPSA) is 32.7 Å². The average molecular weight is 293 g/mol. The molecule has 3 heteroatoms. The molecule has 0 saturated carbocycles. The van der Waals surface area contributed by atoms with Crippen LogP contribution in [0.15, 0.2) is 24.3 Å². The molecule has 0 radical (unpaired) electrons. The van der Waals surface area contributed by atoms with Crippen LogP contribution in [0.1, 0.15) is 38.3 Å². The van der Waals surface area contributed by atoms with Gasteiger partial charge in [-0.2, -0.15) is 0 Å². The molecular weight excluding hydrogens is 262 g/mol. The Morgan fingerprint density at radius 1 is 1.24 bits per heavy atom. The van der Waals surface area contributed by atoms with Crippen molar-refractivity contribution >= 4 is 0 Å². The lowest BCUT2D eigenvalue weighted by Crippen LogP contribution is -2.35. The van der Waals surface area contributed by atoms with E-state index in [1.54, 1.807) is 0 Å². The van der Waals surface area contributed by atoms with E-state index in [0.717, 1.165) is 19.5 Å². The number of rotatable bonds is 10. The molecule has 0 amide bonds. The van der Waals surface area contributed by atoms with Crippen molar-refractivity contribution in [1.29, 1.82) is 0 Å². The monoisotopic (exact) mass is 293 g/mol. The molecular formula is C18H31NO2. The Balaban J connectivity index is 2.45. The summed E-state index contributed by atoms with van der Waals surface area (Å²) in [6.45, 7) is 12.2. The van der Waals surface area contributed by atoms with E-state index in [9.17, 15) is 5.11 Å². The first-order valence-corrected chi connectivity index (χ1v) is 8.05. The SMILES string of the molecule is CCCN(Cc1cccc(C)c1)C[C@@H](O)COCC(C)C. The normalized spacial score (nSPS) is 13.1. The van der Waals surface area contributed by atoms with Crippen molar-refractivity contribution in [2.75, 3.05) is 26.3 Å². The molecule has 0 unspecified atom stereocenters. The predicted molar refractivity (Wildman–Crippen MR) is 88.4 cm³/mol. The van der Waals surface area contributed by atoms with Crippen LogP contribution < -0.4 is 0 Å². The van der Waals surface area contributed by atoms with Gasteiger partial charge in [0.15, 0.2) is 0 Å². The van der Waals surface area contributed by atoms with Crippen LogP contribution in [0.3, 0.4) is 0 Å². The maximum absolute atomic E-state index is 10.1. The van der Waals surface area contributed by atoms with E-state index in [1.807, 2.05) is 0 Å². The number of aliphatic hydroxyl groups is 1. The number of hydrogen-bond acceptors (Lipinski definition) is 3. The molecule has 0 fully saturated rings. The van der Waals surface area contributed by atoms with Crippen LogP contribution in [0.4, 0.5) is 0 Å². The van der Waals surface area contributed by atoms with E-state index < -0.39 is 6.10 Å². The fourth-order valence-electron chi connectivity index (χ4n) is 2.41. The Morgan fingerprint density at radius 3 is 2.62 bits per heavy atom. The van der Waals surface area contributed by atoms with Crippen LogP contribution in [0.5, 0.6) is 0 Å². The zero-order valence-corrected chi connectivity index (χ0v) is 14.0. The number of ether oxygens (including phenoxy) is 1. The molecule has 120 valence electrons. The molecule has 1 aromatic carbocycles. The molecule has 0 aliphatic rings. The van der Waals surface area contributed by atoms with Crippen molar-refractivity contribution in [3.63, 3.8) is 0 Å². The van der Waals surface area contributed by atoms with Gasteiger partial charge in [-0.25, -0.2) is 0 Å². The number of hydrogen-bond donors (Lipinski definition) is 1. The van der Waals surface area contributed by atoms with Gasteiger partial charge in [-0.15, -0.1) is 0 Å². The minimum absolute atomic E-state index is 0.417. The number of benzene rings is 1. The molecule has 1 aromatic rings. The second-order valence-electron chi connectivity index (χ2n) is 6.31. The second kappa shape index (κ2) is 9.93. The highest BCUT2D eigenvalue weighted by molar-refractivity contribution is 5.22. The summed E-state index contributed by atoms with van der Waals surface area (Å²) in [6, 6.07) is 8.57. The Kier molecular flexibility index (Phi) is 8.58. The Hall–Kier alpha value is -0.900. The first kappa shape index (κ1) is 18.1. The van der Waals surface area contributed by atoms with E-state index in [-0.39, 0.29) is 0 Å². The number of nitrogens with zero attached hydrogens (tertiary/aromatic N) is 1. The molecule has 1 N–H and O–H groups in total. The largest absolute Gasteiger partial charge is 0.389 e. The van der Waals surface area contributed by atoms with Gasteiger partial charge in [0.25, 0.3) is 0 Å². The van der Waals surface area contributed by atoms with Gasteiger partial charge in [0.2, 0.25) is 0 Å². The molecule has 0 heterocycles. The molecule has 0 spiro atoms. The Labute approximate surface area is 129 Å². The van der Waals surface area contributed by atoms with Gasteiger partial charge in [-0.05, 0) is 31.4 Å². The van der Waals surface area contributed by atoms with E-state index in [2.05, 4.69) is 56.9 Å². The molecule has 0 saturated heterocycles. The quantitative estimate of drug-likeness (QED) is 0.719. The van der Waals surface area contributed by atoms with Gasteiger partial charge < -0.3 is 9.84 Å². The maximum atomic E-state index is 10.1. The average Bonchev–Trinajstić information content (AvgIpc) is 2.38. The minimum atomic E-state index is -0.417. The zero-order chi connectivity index (χ0) is 15.7. The molecule has 21 heavy (non-hydrogen) atoms. The standard InChI is InChI=1S/C18H31NO2/c1-5-9-19(11-17-8-6-7-16(4)10-17)12-18(20)14-21-13-15(2)3/h6-8,10,15,18,20H,5,9,11-14H2,1-4H3/t18-/m1/s1. The number of aryl methyl sites for hydroxylation is 1. The van der Waals surface area contributed by atoms with Gasteiger partial charge in [0, 0.05) is 19.7 Å². The first-order valence-electron chi connectivity index (χ1n) is 8.05. The van der Waals surface area contributed by atoms with Gasteiger partial charge in [-0.3, -0.25) is 4.90 Å². The van der Waals surface area contributed by atoms with E-state index in [0.29, 0.717) is 25.7 Å². The van der Waals surface area contributed by atoms with Crippen LogP contribution in [-0.2, 0) is 11.3 Å². The minimum Gasteiger partial charge on any atom is -0.389 e. The third kappa shape index (κ3) is 8.20. The second-order valence-corrected chi connectivity index (χ2v) is 6.31. The Morgan fingerprint density at radius 2 is 2.00 bits per heavy atom. The van der Waals surface area contributed by atoms with Crippen LogP contribution in [0, 0.1) is 12.8 Å². The summed E-state index contributed by atoms with van der Waals surface area (Å²) in [5.41, 5.74) is 2.59. The van der Waals surface area contributed by atoms with Crippen molar-refractivity contribution < 1.29 is 9.84 Å². The van der Waals surface area contributed by atoms with Gasteiger partial charge in [0.05, 0.1) is 12.7 Å². The molecule has 0 aliphatic carbocycles. The smallest absolute Gasteiger partial charge is 0.0900 e. The van der Waals surface area contributed by atoms with Crippen molar-refractivity contribution in [3.05, 3.63) is 35.4 Å². The number of aliphatic hydroxyl groups excluding tert-OH is 1. The summed E-state index contributed by atoms with van der Waals surface area (Å²) < 4.78 is 5.53. The van der Waals surface area contributed by atoms with Gasteiger partial charge in [-0.1, -0.05) is 50.6 Å².